The first kappa shape index (κ1) is 15.5. The topological polar surface area (TPSA) is 61.4 Å². The highest BCUT2D eigenvalue weighted by molar-refractivity contribution is 5.95. The van der Waals surface area contributed by atoms with Crippen LogP contribution in [-0.4, -0.2) is 30.2 Å². The third-order valence-corrected chi connectivity index (χ3v) is 2.93. The van der Waals surface area contributed by atoms with Gasteiger partial charge in [-0.05, 0) is 31.5 Å². The van der Waals surface area contributed by atoms with Crippen LogP contribution in [-0.2, 0) is 0 Å². The molecule has 106 valence electrons. The fourth-order valence-electron chi connectivity index (χ4n) is 1.89. The lowest BCUT2D eigenvalue weighted by molar-refractivity contribution is 0.0945. The molecule has 0 fully saturated rings. The Kier molecular flexibility index (Phi) is 6.97. The fourth-order valence-corrected chi connectivity index (χ4v) is 1.89. The highest BCUT2D eigenvalue weighted by Crippen LogP contribution is 2.13. The highest BCUT2D eigenvalue weighted by Gasteiger charge is 2.06. The van der Waals surface area contributed by atoms with Crippen molar-refractivity contribution in [2.24, 2.45) is 0 Å². The number of aliphatic hydroxyl groups is 1. The molecule has 1 unspecified atom stereocenters. The first-order valence-electron chi connectivity index (χ1n) is 6.93. The third kappa shape index (κ3) is 5.75. The number of unbranched alkanes of at least 4 members (excludes halogenated alkanes) is 1. The Labute approximate surface area is 115 Å². The monoisotopic (exact) mass is 264 g/mol. The van der Waals surface area contributed by atoms with E-state index in [1.807, 2.05) is 18.2 Å². The number of carbonyl (C=O) groups is 1. The lowest BCUT2D eigenvalue weighted by Gasteiger charge is -2.15. The quantitative estimate of drug-likeness (QED) is 0.675. The highest BCUT2D eigenvalue weighted by atomic mass is 16.3. The minimum Gasteiger partial charge on any atom is -0.395 e. The number of carbonyl (C=O) groups excluding carboxylic acids is 1. The summed E-state index contributed by atoms with van der Waals surface area (Å²) >= 11 is 0. The summed E-state index contributed by atoms with van der Waals surface area (Å²) in [5, 5.41) is 14.7. The van der Waals surface area contributed by atoms with Gasteiger partial charge in [0, 0.05) is 23.8 Å². The van der Waals surface area contributed by atoms with Crippen molar-refractivity contribution in [2.75, 3.05) is 18.5 Å². The summed E-state index contributed by atoms with van der Waals surface area (Å²) in [5.74, 6) is -0.154. The van der Waals surface area contributed by atoms with Crippen molar-refractivity contribution in [1.29, 1.82) is 0 Å². The lowest BCUT2D eigenvalue weighted by Crippen LogP contribution is -2.26. The molecular weight excluding hydrogens is 240 g/mol. The molecule has 0 spiro atoms. The Morgan fingerprint density at radius 1 is 1.42 bits per heavy atom. The van der Waals surface area contributed by atoms with Gasteiger partial charge < -0.3 is 15.7 Å². The van der Waals surface area contributed by atoms with Crippen LogP contribution in [0.2, 0.25) is 0 Å². The Morgan fingerprint density at radius 3 is 2.89 bits per heavy atom. The van der Waals surface area contributed by atoms with Gasteiger partial charge in [0.1, 0.15) is 0 Å². The second-order valence-electron chi connectivity index (χ2n) is 4.75. The zero-order valence-corrected chi connectivity index (χ0v) is 11.8. The van der Waals surface area contributed by atoms with Crippen LogP contribution in [0.15, 0.2) is 24.3 Å². The molecular formula is C15H24N2O2. The molecule has 1 aromatic carbocycles. The standard InChI is InChI=1S/C15H24N2O2/c1-3-4-6-12(2)17-14-8-5-7-13(11-14)15(19)16-9-10-18/h5,7-8,11-12,17-18H,3-4,6,9-10H2,1-2H3,(H,16,19). The van der Waals surface area contributed by atoms with Crippen LogP contribution in [0.4, 0.5) is 5.69 Å². The maximum atomic E-state index is 11.8. The normalized spacial score (nSPS) is 11.9. The lowest BCUT2D eigenvalue weighted by atomic mass is 10.1. The molecule has 0 aliphatic carbocycles. The molecule has 4 nitrogen and oxygen atoms in total. The molecule has 1 rings (SSSR count). The van der Waals surface area contributed by atoms with E-state index in [9.17, 15) is 4.79 Å². The maximum Gasteiger partial charge on any atom is 0.251 e. The van der Waals surface area contributed by atoms with Crippen LogP contribution in [0.25, 0.3) is 0 Å². The summed E-state index contributed by atoms with van der Waals surface area (Å²) in [6, 6.07) is 7.84. The van der Waals surface area contributed by atoms with Crippen molar-refractivity contribution in [1.82, 2.24) is 5.32 Å². The van der Waals surface area contributed by atoms with E-state index < -0.39 is 0 Å². The van der Waals surface area contributed by atoms with Gasteiger partial charge in [0.05, 0.1) is 6.61 Å². The molecule has 0 aromatic heterocycles. The number of rotatable bonds is 8. The minimum atomic E-state index is -0.154. The van der Waals surface area contributed by atoms with Crippen LogP contribution in [0.3, 0.4) is 0 Å². The number of amides is 1. The van der Waals surface area contributed by atoms with E-state index in [1.165, 1.54) is 12.8 Å². The Balaban J connectivity index is 2.58. The van der Waals surface area contributed by atoms with Gasteiger partial charge in [-0.1, -0.05) is 25.8 Å². The smallest absolute Gasteiger partial charge is 0.251 e. The van der Waals surface area contributed by atoms with E-state index in [4.69, 9.17) is 5.11 Å². The fraction of sp³-hybridized carbons (Fsp3) is 0.533. The van der Waals surface area contributed by atoms with Gasteiger partial charge in [-0.15, -0.1) is 0 Å². The van der Waals surface area contributed by atoms with Gasteiger partial charge in [-0.3, -0.25) is 4.79 Å². The molecule has 1 amide bonds. The number of hydrogen-bond acceptors (Lipinski definition) is 3. The molecule has 0 saturated carbocycles. The number of anilines is 1. The van der Waals surface area contributed by atoms with Gasteiger partial charge in [-0.25, -0.2) is 0 Å². The van der Waals surface area contributed by atoms with E-state index >= 15 is 0 Å². The maximum absolute atomic E-state index is 11.8. The Hall–Kier alpha value is -1.55. The second kappa shape index (κ2) is 8.53. The average Bonchev–Trinajstić information content (AvgIpc) is 2.42. The van der Waals surface area contributed by atoms with E-state index in [0.717, 1.165) is 12.1 Å². The zero-order valence-electron chi connectivity index (χ0n) is 11.8. The number of hydrogen-bond donors (Lipinski definition) is 3. The zero-order chi connectivity index (χ0) is 14.1. The summed E-state index contributed by atoms with van der Waals surface area (Å²) in [7, 11) is 0. The molecule has 0 radical (unpaired) electrons. The van der Waals surface area contributed by atoms with Crippen molar-refractivity contribution in [3.63, 3.8) is 0 Å². The van der Waals surface area contributed by atoms with Gasteiger partial charge in [-0.2, -0.15) is 0 Å². The Bertz CT molecular complexity index is 393. The molecule has 0 saturated heterocycles. The van der Waals surface area contributed by atoms with E-state index in [-0.39, 0.29) is 19.1 Å². The van der Waals surface area contributed by atoms with Crippen LogP contribution in [0.1, 0.15) is 43.5 Å². The summed E-state index contributed by atoms with van der Waals surface area (Å²) in [6.45, 7) is 4.56. The van der Waals surface area contributed by atoms with Crippen LogP contribution in [0, 0.1) is 0 Å². The predicted octanol–water partition coefficient (Wildman–Crippen LogP) is 2.40. The van der Waals surface area contributed by atoms with Gasteiger partial charge in [0.2, 0.25) is 0 Å². The number of aliphatic hydroxyl groups excluding tert-OH is 1. The van der Waals surface area contributed by atoms with Crippen LogP contribution < -0.4 is 10.6 Å². The van der Waals surface area contributed by atoms with Gasteiger partial charge in [0.25, 0.3) is 5.91 Å². The van der Waals surface area contributed by atoms with Crippen LogP contribution >= 0.6 is 0 Å². The molecule has 4 heteroatoms. The number of benzene rings is 1. The third-order valence-electron chi connectivity index (χ3n) is 2.93. The molecule has 1 aromatic rings. The predicted molar refractivity (Wildman–Crippen MR) is 78.5 cm³/mol. The molecule has 19 heavy (non-hydrogen) atoms. The molecule has 3 N–H and O–H groups in total. The summed E-state index contributed by atoms with van der Waals surface area (Å²) in [5.41, 5.74) is 1.57. The van der Waals surface area contributed by atoms with Crippen molar-refractivity contribution in [3.05, 3.63) is 29.8 Å². The first-order chi connectivity index (χ1) is 9.17. The van der Waals surface area contributed by atoms with Crippen molar-refractivity contribution in [2.45, 2.75) is 39.2 Å². The Morgan fingerprint density at radius 2 is 2.21 bits per heavy atom. The SMILES string of the molecule is CCCCC(C)Nc1cccc(C(=O)NCCO)c1. The molecule has 1 atom stereocenters. The van der Waals surface area contributed by atoms with Gasteiger partial charge in [0.15, 0.2) is 0 Å². The first-order valence-corrected chi connectivity index (χ1v) is 6.93. The molecule has 0 aliphatic rings. The van der Waals surface area contributed by atoms with Crippen molar-refractivity contribution >= 4 is 11.6 Å². The van der Waals surface area contributed by atoms with Crippen molar-refractivity contribution in [3.8, 4) is 0 Å². The van der Waals surface area contributed by atoms with Crippen LogP contribution in [0.5, 0.6) is 0 Å². The minimum absolute atomic E-state index is 0.0439. The van der Waals surface area contributed by atoms with Gasteiger partial charge >= 0.3 is 0 Å². The van der Waals surface area contributed by atoms with E-state index in [1.54, 1.807) is 6.07 Å². The average molecular weight is 264 g/mol. The molecule has 0 bridgehead atoms. The largest absolute Gasteiger partial charge is 0.395 e. The summed E-state index contributed by atoms with van der Waals surface area (Å²) in [6.07, 6.45) is 3.51. The van der Waals surface area contributed by atoms with E-state index in [2.05, 4.69) is 24.5 Å². The number of nitrogens with one attached hydrogen (secondary N) is 2. The van der Waals surface area contributed by atoms with Crippen molar-refractivity contribution < 1.29 is 9.90 Å². The molecule has 0 heterocycles. The van der Waals surface area contributed by atoms with E-state index in [0.29, 0.717) is 11.6 Å². The second-order valence-corrected chi connectivity index (χ2v) is 4.75. The summed E-state index contributed by atoms with van der Waals surface area (Å²) in [4.78, 5) is 11.8. The summed E-state index contributed by atoms with van der Waals surface area (Å²) < 4.78 is 0. The molecule has 0 aliphatic heterocycles.